The van der Waals surface area contributed by atoms with E-state index >= 15 is 0 Å². The van der Waals surface area contributed by atoms with Gasteiger partial charge >= 0.3 is 5.97 Å². The molecule has 0 saturated carbocycles. The van der Waals surface area contributed by atoms with Crippen molar-refractivity contribution < 1.29 is 15.1 Å². The maximum Gasteiger partial charge on any atom is 0.306 e. The van der Waals surface area contributed by atoms with Crippen molar-refractivity contribution in [3.8, 4) is 0 Å². The molecule has 3 aromatic rings. The summed E-state index contributed by atoms with van der Waals surface area (Å²) in [5.41, 5.74) is 6.39. The molecule has 1 aliphatic carbocycles. The summed E-state index contributed by atoms with van der Waals surface area (Å²) in [6, 6.07) is 16.2. The Morgan fingerprint density at radius 2 is 1.90 bits per heavy atom. The molecular formula is C26H30N2O3. The van der Waals surface area contributed by atoms with Crippen molar-refractivity contribution >= 4 is 22.6 Å². The van der Waals surface area contributed by atoms with E-state index in [4.69, 9.17) is 0 Å². The predicted molar refractivity (Wildman–Crippen MR) is 123 cm³/mol. The fourth-order valence-corrected chi connectivity index (χ4v) is 4.90. The average molecular weight is 419 g/mol. The molecule has 0 unspecified atom stereocenters. The van der Waals surface area contributed by atoms with Gasteiger partial charge in [0.25, 0.3) is 0 Å². The lowest BCUT2D eigenvalue weighted by Gasteiger charge is -2.14. The van der Waals surface area contributed by atoms with E-state index in [1.54, 1.807) is 0 Å². The van der Waals surface area contributed by atoms with Crippen LogP contribution in [0.3, 0.4) is 0 Å². The molecule has 0 aliphatic heterocycles. The standard InChI is InChI=1S/C26H30N2O3/c1-28-24-13-6-5-12-21(24)22-15-14-19(17-25(22)28)23(27-31)16-20(26(29)30)11-7-10-18-8-3-2-4-9-18/h2-4,8-9,14-15,17,20,31H,5-7,10-13,16H2,1H3,(H,29,30)/t20-/m1/s1. The summed E-state index contributed by atoms with van der Waals surface area (Å²) in [5.74, 6) is -1.42. The molecular weight excluding hydrogens is 388 g/mol. The maximum atomic E-state index is 11.9. The minimum Gasteiger partial charge on any atom is -0.481 e. The second kappa shape index (κ2) is 9.38. The first-order chi connectivity index (χ1) is 15.1. The maximum absolute atomic E-state index is 11.9. The molecule has 0 radical (unpaired) electrons. The fraction of sp³-hybridized carbons (Fsp3) is 0.385. The number of oxime groups is 1. The van der Waals surface area contributed by atoms with Gasteiger partial charge in [-0.1, -0.05) is 47.6 Å². The molecule has 1 aromatic heterocycles. The van der Waals surface area contributed by atoms with Crippen LogP contribution >= 0.6 is 0 Å². The van der Waals surface area contributed by atoms with Gasteiger partial charge in [-0.15, -0.1) is 0 Å². The molecule has 0 spiro atoms. The molecule has 0 fully saturated rings. The van der Waals surface area contributed by atoms with Crippen LogP contribution in [0, 0.1) is 5.92 Å². The largest absolute Gasteiger partial charge is 0.481 e. The van der Waals surface area contributed by atoms with Crippen LogP contribution in [0.5, 0.6) is 0 Å². The lowest BCUT2D eigenvalue weighted by Crippen LogP contribution is -2.19. The third kappa shape index (κ3) is 4.50. The molecule has 1 aliphatic rings. The first-order valence-corrected chi connectivity index (χ1v) is 11.2. The van der Waals surface area contributed by atoms with Gasteiger partial charge in [0, 0.05) is 35.6 Å². The van der Waals surface area contributed by atoms with Crippen LogP contribution in [-0.2, 0) is 31.1 Å². The molecule has 2 N–H and O–H groups in total. The van der Waals surface area contributed by atoms with E-state index in [1.165, 1.54) is 35.0 Å². The van der Waals surface area contributed by atoms with Crippen LogP contribution in [0.25, 0.3) is 10.9 Å². The lowest BCUT2D eigenvalue weighted by atomic mass is 9.91. The number of carbonyl (C=O) groups is 1. The molecule has 0 saturated heterocycles. The van der Waals surface area contributed by atoms with Gasteiger partial charge in [-0.2, -0.15) is 0 Å². The van der Waals surface area contributed by atoms with Gasteiger partial charge in [-0.05, 0) is 62.1 Å². The Balaban J connectivity index is 1.51. The third-order valence-corrected chi connectivity index (χ3v) is 6.63. The Labute approximate surface area is 183 Å². The van der Waals surface area contributed by atoms with E-state index in [0.29, 0.717) is 12.1 Å². The first kappa shape index (κ1) is 21.2. The summed E-state index contributed by atoms with van der Waals surface area (Å²) >= 11 is 0. The van der Waals surface area contributed by atoms with Crippen LogP contribution in [0.1, 0.15) is 54.5 Å². The Hall–Kier alpha value is -3.08. The Morgan fingerprint density at radius 3 is 2.65 bits per heavy atom. The molecule has 162 valence electrons. The zero-order chi connectivity index (χ0) is 21.8. The fourth-order valence-electron chi connectivity index (χ4n) is 4.90. The zero-order valence-electron chi connectivity index (χ0n) is 18.1. The van der Waals surface area contributed by atoms with Gasteiger partial charge in [-0.3, -0.25) is 4.79 Å². The Bertz CT molecular complexity index is 1100. The molecule has 2 aromatic carbocycles. The van der Waals surface area contributed by atoms with Crippen molar-refractivity contribution in [1.82, 2.24) is 4.57 Å². The van der Waals surface area contributed by atoms with E-state index < -0.39 is 11.9 Å². The summed E-state index contributed by atoms with van der Waals surface area (Å²) in [6.07, 6.45) is 7.03. The van der Waals surface area contributed by atoms with Gasteiger partial charge < -0.3 is 14.9 Å². The molecule has 5 nitrogen and oxygen atoms in total. The number of carboxylic acid groups (broad SMARTS) is 1. The van der Waals surface area contributed by atoms with Crippen LogP contribution in [0.15, 0.2) is 53.7 Å². The smallest absolute Gasteiger partial charge is 0.306 e. The van der Waals surface area contributed by atoms with Gasteiger partial charge in [-0.25, -0.2) is 0 Å². The van der Waals surface area contributed by atoms with Crippen molar-refractivity contribution in [3.05, 3.63) is 70.9 Å². The summed E-state index contributed by atoms with van der Waals surface area (Å²) in [4.78, 5) is 11.9. The van der Waals surface area contributed by atoms with Gasteiger partial charge in [0.2, 0.25) is 0 Å². The number of benzene rings is 2. The van der Waals surface area contributed by atoms with Crippen molar-refractivity contribution in [2.75, 3.05) is 0 Å². The van der Waals surface area contributed by atoms with Crippen molar-refractivity contribution in [3.63, 3.8) is 0 Å². The molecule has 0 amide bonds. The third-order valence-electron chi connectivity index (χ3n) is 6.63. The number of aromatic nitrogens is 1. The van der Waals surface area contributed by atoms with E-state index in [2.05, 4.69) is 35.0 Å². The lowest BCUT2D eigenvalue weighted by molar-refractivity contribution is -0.141. The van der Waals surface area contributed by atoms with Crippen molar-refractivity contribution in [2.24, 2.45) is 18.1 Å². The molecule has 1 atom stereocenters. The minimum atomic E-state index is -0.843. The number of hydrogen-bond acceptors (Lipinski definition) is 3. The van der Waals surface area contributed by atoms with E-state index in [-0.39, 0.29) is 6.42 Å². The van der Waals surface area contributed by atoms with Gasteiger partial charge in [0.05, 0.1) is 11.6 Å². The Morgan fingerprint density at radius 1 is 1.13 bits per heavy atom. The quantitative estimate of drug-likeness (QED) is 0.294. The highest BCUT2D eigenvalue weighted by atomic mass is 16.4. The average Bonchev–Trinajstić information content (AvgIpc) is 3.08. The molecule has 5 heteroatoms. The van der Waals surface area contributed by atoms with Crippen molar-refractivity contribution in [2.45, 2.75) is 51.4 Å². The zero-order valence-corrected chi connectivity index (χ0v) is 18.1. The summed E-state index contributed by atoms with van der Waals surface area (Å²) in [5, 5.41) is 24.2. The highest BCUT2D eigenvalue weighted by molar-refractivity contribution is 6.04. The van der Waals surface area contributed by atoms with E-state index in [1.807, 2.05) is 30.3 Å². The molecule has 31 heavy (non-hydrogen) atoms. The van der Waals surface area contributed by atoms with Crippen LogP contribution in [0.2, 0.25) is 0 Å². The van der Waals surface area contributed by atoms with Crippen molar-refractivity contribution in [1.29, 1.82) is 0 Å². The molecule has 1 heterocycles. The van der Waals surface area contributed by atoms with Gasteiger partial charge in [0.1, 0.15) is 0 Å². The Kier molecular flexibility index (Phi) is 6.40. The number of aryl methyl sites for hydroxylation is 3. The SMILES string of the molecule is Cn1c2c(c3ccc(C(C[C@@H](CCCc4ccccc4)C(=O)O)=NO)cc31)CCCC2. The summed E-state index contributed by atoms with van der Waals surface area (Å²) < 4.78 is 2.25. The number of hydrogen-bond donors (Lipinski definition) is 2. The van der Waals surface area contributed by atoms with E-state index in [0.717, 1.165) is 36.8 Å². The predicted octanol–water partition coefficient (Wildman–Crippen LogP) is 5.35. The number of aliphatic carboxylic acids is 1. The first-order valence-electron chi connectivity index (χ1n) is 11.2. The van der Waals surface area contributed by atoms with Gasteiger partial charge in [0.15, 0.2) is 0 Å². The topological polar surface area (TPSA) is 74.8 Å². The normalized spacial score (nSPS) is 15.1. The van der Waals surface area contributed by atoms with Crippen LogP contribution < -0.4 is 0 Å². The monoisotopic (exact) mass is 418 g/mol. The van der Waals surface area contributed by atoms with Crippen LogP contribution in [-0.4, -0.2) is 26.6 Å². The van der Waals surface area contributed by atoms with Crippen LogP contribution in [0.4, 0.5) is 0 Å². The number of carboxylic acids is 1. The molecule has 4 rings (SSSR count). The van der Waals surface area contributed by atoms with E-state index in [9.17, 15) is 15.1 Å². The highest BCUT2D eigenvalue weighted by Crippen LogP contribution is 2.32. The second-order valence-electron chi connectivity index (χ2n) is 8.59. The number of rotatable bonds is 8. The summed E-state index contributed by atoms with van der Waals surface area (Å²) in [7, 11) is 2.09. The minimum absolute atomic E-state index is 0.219. The number of nitrogens with zero attached hydrogens (tertiary/aromatic N) is 2. The number of fused-ring (bicyclic) bond motifs is 3. The summed E-state index contributed by atoms with van der Waals surface area (Å²) in [6.45, 7) is 0. The highest BCUT2D eigenvalue weighted by Gasteiger charge is 2.23. The molecule has 0 bridgehead atoms. The second-order valence-corrected chi connectivity index (χ2v) is 8.59.